The van der Waals surface area contributed by atoms with Gasteiger partial charge in [0.2, 0.25) is 0 Å². The van der Waals surface area contributed by atoms with Crippen molar-refractivity contribution >= 4 is 28.9 Å². The van der Waals surface area contributed by atoms with Crippen LogP contribution in [0.4, 0.5) is 5.69 Å². The highest BCUT2D eigenvalue weighted by atomic mass is 35.5. The predicted octanol–water partition coefficient (Wildman–Crippen LogP) is 4.34. The molecule has 4 heteroatoms. The lowest BCUT2D eigenvalue weighted by atomic mass is 10.1. The minimum Gasteiger partial charge on any atom is -0.396 e. The third-order valence-corrected chi connectivity index (χ3v) is 4.12. The molecule has 1 aromatic carbocycles. The van der Waals surface area contributed by atoms with Crippen molar-refractivity contribution in [1.29, 1.82) is 0 Å². The van der Waals surface area contributed by atoms with Gasteiger partial charge in [0.25, 0.3) is 0 Å². The summed E-state index contributed by atoms with van der Waals surface area (Å²) < 4.78 is 0. The maximum atomic E-state index is 6.07. The molecule has 0 amide bonds. The SMILES string of the molecule is Nc1c(Cl)cc(CN2CCCCCCC2)cc1Cl. The lowest BCUT2D eigenvalue weighted by molar-refractivity contribution is 0.240. The van der Waals surface area contributed by atoms with Gasteiger partial charge in [0.05, 0.1) is 15.7 Å². The second-order valence-corrected chi connectivity index (χ2v) is 5.83. The highest BCUT2D eigenvalue weighted by Gasteiger charge is 2.11. The van der Waals surface area contributed by atoms with E-state index in [1.807, 2.05) is 12.1 Å². The van der Waals surface area contributed by atoms with Crippen molar-refractivity contribution in [2.75, 3.05) is 18.8 Å². The van der Waals surface area contributed by atoms with E-state index in [9.17, 15) is 0 Å². The Morgan fingerprint density at radius 3 is 2.00 bits per heavy atom. The topological polar surface area (TPSA) is 29.3 Å². The molecule has 1 heterocycles. The Morgan fingerprint density at radius 1 is 0.944 bits per heavy atom. The number of benzene rings is 1. The number of hydrogen-bond donors (Lipinski definition) is 1. The first-order chi connectivity index (χ1) is 8.66. The zero-order valence-electron chi connectivity index (χ0n) is 10.6. The Balaban J connectivity index is 2.03. The Bertz CT molecular complexity index is 376. The van der Waals surface area contributed by atoms with E-state index < -0.39 is 0 Å². The molecule has 2 nitrogen and oxygen atoms in total. The summed E-state index contributed by atoms with van der Waals surface area (Å²) in [5.74, 6) is 0. The van der Waals surface area contributed by atoms with Crippen molar-refractivity contribution in [2.24, 2.45) is 0 Å². The minimum atomic E-state index is 0.481. The van der Waals surface area contributed by atoms with E-state index in [0.717, 1.165) is 12.1 Å². The molecule has 0 radical (unpaired) electrons. The summed E-state index contributed by atoms with van der Waals surface area (Å²) in [4.78, 5) is 2.48. The van der Waals surface area contributed by atoms with Gasteiger partial charge >= 0.3 is 0 Å². The van der Waals surface area contributed by atoms with E-state index in [0.29, 0.717) is 15.7 Å². The van der Waals surface area contributed by atoms with Crippen LogP contribution >= 0.6 is 23.2 Å². The largest absolute Gasteiger partial charge is 0.396 e. The van der Waals surface area contributed by atoms with Gasteiger partial charge in [0, 0.05) is 6.54 Å². The van der Waals surface area contributed by atoms with E-state index in [1.165, 1.54) is 45.2 Å². The van der Waals surface area contributed by atoms with Crippen molar-refractivity contribution in [3.8, 4) is 0 Å². The minimum absolute atomic E-state index is 0.481. The van der Waals surface area contributed by atoms with Crippen LogP contribution in [0.5, 0.6) is 0 Å². The molecule has 2 N–H and O–H groups in total. The zero-order chi connectivity index (χ0) is 13.0. The summed E-state index contributed by atoms with van der Waals surface area (Å²) in [5, 5.41) is 1.12. The van der Waals surface area contributed by atoms with E-state index in [-0.39, 0.29) is 0 Å². The van der Waals surface area contributed by atoms with Crippen LogP contribution < -0.4 is 5.73 Å². The first-order valence-electron chi connectivity index (χ1n) is 6.62. The standard InChI is InChI=1S/C14H20Cl2N2/c15-12-8-11(9-13(16)14(12)17)10-18-6-4-2-1-3-5-7-18/h8-9H,1-7,10,17H2. The van der Waals surface area contributed by atoms with Gasteiger partial charge < -0.3 is 5.73 Å². The molecule has 1 fully saturated rings. The number of nitrogens with two attached hydrogens (primary N) is 1. The monoisotopic (exact) mass is 286 g/mol. The molecule has 0 saturated carbocycles. The van der Waals surface area contributed by atoms with Gasteiger partial charge in [-0.05, 0) is 43.6 Å². The molecule has 1 aromatic rings. The number of hydrogen-bond acceptors (Lipinski definition) is 2. The molecular weight excluding hydrogens is 267 g/mol. The van der Waals surface area contributed by atoms with Gasteiger partial charge in [-0.15, -0.1) is 0 Å². The molecule has 2 rings (SSSR count). The molecule has 1 saturated heterocycles. The molecule has 0 unspecified atom stereocenters. The summed E-state index contributed by atoms with van der Waals surface area (Å²) in [6, 6.07) is 3.86. The number of likely N-dealkylation sites (tertiary alicyclic amines) is 1. The maximum Gasteiger partial charge on any atom is 0.0693 e. The van der Waals surface area contributed by atoms with E-state index in [4.69, 9.17) is 28.9 Å². The lowest BCUT2D eigenvalue weighted by Crippen LogP contribution is -2.26. The second-order valence-electron chi connectivity index (χ2n) is 5.02. The molecule has 100 valence electrons. The van der Waals surface area contributed by atoms with E-state index in [2.05, 4.69) is 4.90 Å². The van der Waals surface area contributed by atoms with Crippen molar-refractivity contribution in [3.05, 3.63) is 27.7 Å². The van der Waals surface area contributed by atoms with Crippen molar-refractivity contribution < 1.29 is 0 Å². The summed E-state index contributed by atoms with van der Waals surface area (Å²) in [6.07, 6.45) is 6.65. The molecular formula is C14H20Cl2N2. The number of anilines is 1. The molecule has 1 aliphatic heterocycles. The van der Waals surface area contributed by atoms with Gasteiger partial charge in [-0.2, -0.15) is 0 Å². The van der Waals surface area contributed by atoms with Gasteiger partial charge in [0.1, 0.15) is 0 Å². The summed E-state index contributed by atoms with van der Waals surface area (Å²) in [6.45, 7) is 3.25. The molecule has 0 aliphatic carbocycles. The zero-order valence-corrected chi connectivity index (χ0v) is 12.1. The molecule has 0 spiro atoms. The summed E-state index contributed by atoms with van der Waals surface area (Å²) in [7, 11) is 0. The Morgan fingerprint density at radius 2 is 1.44 bits per heavy atom. The number of rotatable bonds is 2. The van der Waals surface area contributed by atoms with Gasteiger partial charge in [-0.1, -0.05) is 42.5 Å². The van der Waals surface area contributed by atoms with Crippen LogP contribution in [0, 0.1) is 0 Å². The average molecular weight is 287 g/mol. The molecule has 0 atom stereocenters. The summed E-state index contributed by atoms with van der Waals surface area (Å²) in [5.41, 5.74) is 7.39. The lowest BCUT2D eigenvalue weighted by Gasteiger charge is -2.24. The van der Waals surface area contributed by atoms with Crippen LogP contribution in [0.3, 0.4) is 0 Å². The highest BCUT2D eigenvalue weighted by molar-refractivity contribution is 6.38. The van der Waals surface area contributed by atoms with Gasteiger partial charge in [-0.25, -0.2) is 0 Å². The van der Waals surface area contributed by atoms with Gasteiger partial charge in [-0.3, -0.25) is 4.90 Å². The van der Waals surface area contributed by atoms with E-state index >= 15 is 0 Å². The van der Waals surface area contributed by atoms with Crippen LogP contribution in [0.25, 0.3) is 0 Å². The van der Waals surface area contributed by atoms with Crippen LogP contribution in [-0.4, -0.2) is 18.0 Å². The van der Waals surface area contributed by atoms with Crippen molar-refractivity contribution in [2.45, 2.75) is 38.6 Å². The molecule has 1 aliphatic rings. The molecule has 18 heavy (non-hydrogen) atoms. The number of halogens is 2. The maximum absolute atomic E-state index is 6.07. The predicted molar refractivity (Wildman–Crippen MR) is 79.2 cm³/mol. The number of nitrogen functional groups attached to an aromatic ring is 1. The highest BCUT2D eigenvalue weighted by Crippen LogP contribution is 2.29. The Hall–Kier alpha value is -0.440. The Kier molecular flexibility index (Phi) is 5.16. The quantitative estimate of drug-likeness (QED) is 0.820. The fourth-order valence-corrected chi connectivity index (χ4v) is 2.99. The fourth-order valence-electron chi connectivity index (χ4n) is 2.46. The van der Waals surface area contributed by atoms with Crippen molar-refractivity contribution in [3.63, 3.8) is 0 Å². The van der Waals surface area contributed by atoms with Crippen LogP contribution in [-0.2, 0) is 6.54 Å². The first-order valence-corrected chi connectivity index (χ1v) is 7.38. The number of nitrogens with zero attached hydrogens (tertiary/aromatic N) is 1. The van der Waals surface area contributed by atoms with E-state index in [1.54, 1.807) is 0 Å². The van der Waals surface area contributed by atoms with Crippen LogP contribution in [0.15, 0.2) is 12.1 Å². The average Bonchev–Trinajstić information content (AvgIpc) is 2.29. The smallest absolute Gasteiger partial charge is 0.0693 e. The molecule has 0 aromatic heterocycles. The summed E-state index contributed by atoms with van der Waals surface area (Å²) >= 11 is 12.1. The van der Waals surface area contributed by atoms with Crippen LogP contribution in [0.1, 0.15) is 37.7 Å². The normalized spacial score (nSPS) is 18.3. The second kappa shape index (κ2) is 6.65. The fraction of sp³-hybridized carbons (Fsp3) is 0.571. The third-order valence-electron chi connectivity index (χ3n) is 3.49. The molecule has 0 bridgehead atoms. The Labute approximate surface area is 119 Å². The first kappa shape index (κ1) is 14.0. The van der Waals surface area contributed by atoms with Crippen molar-refractivity contribution in [1.82, 2.24) is 4.90 Å². The van der Waals surface area contributed by atoms with Crippen LogP contribution in [0.2, 0.25) is 10.0 Å². The van der Waals surface area contributed by atoms with Gasteiger partial charge in [0.15, 0.2) is 0 Å². The third kappa shape index (κ3) is 3.78.